The van der Waals surface area contributed by atoms with Crippen LogP contribution < -0.4 is 10.6 Å². The van der Waals surface area contributed by atoms with Crippen LogP contribution in [0.15, 0.2) is 91.6 Å². The van der Waals surface area contributed by atoms with Crippen LogP contribution in [0.4, 0.5) is 5.69 Å². The first-order valence-electron chi connectivity index (χ1n) is 10.8. The molecule has 0 bridgehead atoms. The highest BCUT2D eigenvalue weighted by molar-refractivity contribution is 5.94. The van der Waals surface area contributed by atoms with Crippen LogP contribution >= 0.6 is 0 Å². The Bertz CT molecular complexity index is 1420. The number of fused-ring (bicyclic) bond motifs is 1. The lowest BCUT2D eigenvalue weighted by atomic mass is 10.0. The van der Waals surface area contributed by atoms with Gasteiger partial charge in [-0.2, -0.15) is 0 Å². The summed E-state index contributed by atoms with van der Waals surface area (Å²) in [5.74, 6) is -0.242. The van der Waals surface area contributed by atoms with Gasteiger partial charge in [0.1, 0.15) is 5.69 Å². The van der Waals surface area contributed by atoms with E-state index in [1.807, 2.05) is 42.5 Å². The van der Waals surface area contributed by atoms with E-state index in [2.05, 4.69) is 30.6 Å². The van der Waals surface area contributed by atoms with Crippen LogP contribution in [0.3, 0.4) is 0 Å². The van der Waals surface area contributed by atoms with Crippen molar-refractivity contribution in [2.45, 2.75) is 12.8 Å². The molecule has 5 aromatic rings. The maximum Gasteiger partial charge on any atom is 0.270 e. The number of aliphatic hydroxyl groups excluding tert-OH is 1. The highest BCUT2D eigenvalue weighted by Crippen LogP contribution is 2.27. The predicted molar refractivity (Wildman–Crippen MR) is 130 cm³/mol. The lowest BCUT2D eigenvalue weighted by Crippen LogP contribution is -2.23. The number of aromatic nitrogens is 4. The molecule has 0 fully saturated rings. The average Bonchev–Trinajstić information content (AvgIpc) is 3.32. The monoisotopic (exact) mass is 450 g/mol. The maximum atomic E-state index is 12.6. The molecule has 8 nitrogen and oxygen atoms in total. The van der Waals surface area contributed by atoms with Gasteiger partial charge in [0.15, 0.2) is 6.23 Å². The normalized spacial score (nSPS) is 11.8. The molecular weight excluding hydrogens is 428 g/mol. The zero-order valence-corrected chi connectivity index (χ0v) is 18.1. The van der Waals surface area contributed by atoms with Gasteiger partial charge in [-0.25, -0.2) is 0 Å². The molecule has 168 valence electrons. The second-order valence-electron chi connectivity index (χ2n) is 7.78. The lowest BCUT2D eigenvalue weighted by Gasteiger charge is -2.12. The fourth-order valence-electron chi connectivity index (χ4n) is 3.67. The molecule has 0 aliphatic heterocycles. The molecule has 4 aromatic heterocycles. The number of nitrogens with one attached hydrogen (secondary N) is 3. The third kappa shape index (κ3) is 4.77. The first-order valence-corrected chi connectivity index (χ1v) is 10.8. The Morgan fingerprint density at radius 2 is 1.62 bits per heavy atom. The summed E-state index contributed by atoms with van der Waals surface area (Å²) in [6.07, 6.45) is 7.44. The van der Waals surface area contributed by atoms with E-state index in [9.17, 15) is 9.90 Å². The van der Waals surface area contributed by atoms with Crippen molar-refractivity contribution in [1.82, 2.24) is 25.3 Å². The van der Waals surface area contributed by atoms with E-state index in [1.54, 1.807) is 49.2 Å². The topological polar surface area (TPSA) is 116 Å². The van der Waals surface area contributed by atoms with Crippen molar-refractivity contribution in [2.75, 3.05) is 5.32 Å². The molecule has 5 rings (SSSR count). The number of hydrogen-bond donors (Lipinski definition) is 4. The van der Waals surface area contributed by atoms with Gasteiger partial charge < -0.3 is 20.7 Å². The Hall–Kier alpha value is -4.56. The highest BCUT2D eigenvalue weighted by atomic mass is 16.3. The molecule has 1 atom stereocenters. The minimum absolute atomic E-state index is 0.242. The summed E-state index contributed by atoms with van der Waals surface area (Å²) in [5, 5.41) is 17.4. The third-order valence-electron chi connectivity index (χ3n) is 5.45. The molecule has 0 aliphatic rings. The van der Waals surface area contributed by atoms with E-state index >= 15 is 0 Å². The van der Waals surface area contributed by atoms with Gasteiger partial charge >= 0.3 is 0 Å². The van der Waals surface area contributed by atoms with Gasteiger partial charge in [0.25, 0.3) is 5.91 Å². The van der Waals surface area contributed by atoms with Gasteiger partial charge in [-0.05, 0) is 71.3 Å². The van der Waals surface area contributed by atoms with Gasteiger partial charge in [0.05, 0.1) is 5.69 Å². The Balaban J connectivity index is 1.33. The number of aromatic amines is 1. The summed E-state index contributed by atoms with van der Waals surface area (Å²) in [7, 11) is 0. The van der Waals surface area contributed by atoms with Crippen LogP contribution in [0.2, 0.25) is 0 Å². The first-order chi connectivity index (χ1) is 16.7. The number of carbonyl (C=O) groups is 1. The first kappa shape index (κ1) is 21.3. The standard InChI is InChI=1S/C26H22N6O2/c33-25(30-16-17-3-8-27-9-4-17)23-14-19(5-12-29-23)18-1-2-22-20(13-18)15-24(32-22)26(34)31-21-6-10-28-11-7-21/h1-15,26,32,34H,16H2,(H,28,31)(H,30,33). The van der Waals surface area contributed by atoms with Crippen molar-refractivity contribution in [1.29, 1.82) is 0 Å². The molecular formula is C26H22N6O2. The Morgan fingerprint density at radius 1 is 0.882 bits per heavy atom. The summed E-state index contributed by atoms with van der Waals surface area (Å²) < 4.78 is 0. The molecule has 0 aliphatic carbocycles. The van der Waals surface area contributed by atoms with Crippen molar-refractivity contribution >= 4 is 22.5 Å². The highest BCUT2D eigenvalue weighted by Gasteiger charge is 2.13. The van der Waals surface area contributed by atoms with Crippen LogP contribution in [-0.2, 0) is 6.54 Å². The number of aliphatic hydroxyl groups is 1. The minimum Gasteiger partial charge on any atom is -0.368 e. The number of carbonyl (C=O) groups excluding carboxylic acids is 1. The SMILES string of the molecule is O=C(NCc1ccncc1)c1cc(-c2ccc3[nH]c(C(O)Nc4ccncc4)cc3c2)ccn1. The van der Waals surface area contributed by atoms with E-state index in [4.69, 9.17) is 0 Å². The summed E-state index contributed by atoms with van der Waals surface area (Å²) in [5.41, 5.74) is 5.46. The Kier molecular flexibility index (Phi) is 5.96. The van der Waals surface area contributed by atoms with E-state index < -0.39 is 6.23 Å². The molecule has 4 N–H and O–H groups in total. The second-order valence-corrected chi connectivity index (χ2v) is 7.78. The predicted octanol–water partition coefficient (Wildman–Crippen LogP) is 4.05. The number of rotatable bonds is 7. The van der Waals surface area contributed by atoms with Crippen LogP contribution in [-0.4, -0.2) is 30.9 Å². The summed E-state index contributed by atoms with van der Waals surface area (Å²) in [6.45, 7) is 0.404. The lowest BCUT2D eigenvalue weighted by molar-refractivity contribution is 0.0946. The molecule has 1 amide bonds. The van der Waals surface area contributed by atoms with E-state index in [-0.39, 0.29) is 5.91 Å². The molecule has 8 heteroatoms. The van der Waals surface area contributed by atoms with Crippen molar-refractivity contribution < 1.29 is 9.90 Å². The number of H-pyrrole nitrogens is 1. The number of pyridine rings is 3. The summed E-state index contributed by atoms with van der Waals surface area (Å²) in [6, 6.07) is 18.8. The number of amides is 1. The van der Waals surface area contributed by atoms with Gasteiger partial charge in [0.2, 0.25) is 0 Å². The van der Waals surface area contributed by atoms with Crippen molar-refractivity contribution in [3.05, 3.63) is 109 Å². The van der Waals surface area contributed by atoms with Crippen molar-refractivity contribution in [3.8, 4) is 11.1 Å². The maximum absolute atomic E-state index is 12.6. The van der Waals surface area contributed by atoms with Crippen molar-refractivity contribution in [3.63, 3.8) is 0 Å². The quantitative estimate of drug-likeness (QED) is 0.278. The Labute approximate surface area is 195 Å². The van der Waals surface area contributed by atoms with E-state index in [0.29, 0.717) is 17.9 Å². The molecule has 0 saturated carbocycles. The molecule has 34 heavy (non-hydrogen) atoms. The smallest absolute Gasteiger partial charge is 0.270 e. The Morgan fingerprint density at radius 3 is 2.41 bits per heavy atom. The van der Waals surface area contributed by atoms with Crippen LogP contribution in [0, 0.1) is 0 Å². The number of benzene rings is 1. The largest absolute Gasteiger partial charge is 0.368 e. The number of nitrogens with zero attached hydrogens (tertiary/aromatic N) is 3. The van der Waals surface area contributed by atoms with Gasteiger partial charge in [-0.1, -0.05) is 6.07 Å². The van der Waals surface area contributed by atoms with Crippen LogP contribution in [0.1, 0.15) is 28.0 Å². The van der Waals surface area contributed by atoms with Gasteiger partial charge in [0, 0.05) is 54.1 Å². The molecule has 0 spiro atoms. The van der Waals surface area contributed by atoms with Gasteiger partial charge in [-0.15, -0.1) is 0 Å². The fourth-order valence-corrected chi connectivity index (χ4v) is 3.67. The summed E-state index contributed by atoms with van der Waals surface area (Å²) >= 11 is 0. The zero-order valence-electron chi connectivity index (χ0n) is 18.1. The summed E-state index contributed by atoms with van der Waals surface area (Å²) in [4.78, 5) is 28.0. The molecule has 4 heterocycles. The minimum atomic E-state index is -0.894. The second kappa shape index (κ2) is 9.51. The molecule has 1 unspecified atom stereocenters. The molecule has 0 saturated heterocycles. The molecule has 1 aromatic carbocycles. The van der Waals surface area contributed by atoms with Crippen LogP contribution in [0.5, 0.6) is 0 Å². The number of anilines is 1. The average molecular weight is 451 g/mol. The van der Waals surface area contributed by atoms with E-state index in [1.165, 1.54) is 0 Å². The number of hydrogen-bond acceptors (Lipinski definition) is 6. The molecule has 0 radical (unpaired) electrons. The van der Waals surface area contributed by atoms with Gasteiger partial charge in [-0.3, -0.25) is 19.7 Å². The zero-order chi connectivity index (χ0) is 23.3. The fraction of sp³-hybridized carbons (Fsp3) is 0.0769. The van der Waals surface area contributed by atoms with E-state index in [0.717, 1.165) is 33.3 Å². The third-order valence-corrected chi connectivity index (χ3v) is 5.45. The van der Waals surface area contributed by atoms with Crippen molar-refractivity contribution in [2.24, 2.45) is 0 Å². The van der Waals surface area contributed by atoms with Crippen LogP contribution in [0.25, 0.3) is 22.0 Å².